The van der Waals surface area contributed by atoms with Crippen LogP contribution in [0.5, 0.6) is 0 Å². The third-order valence-electron chi connectivity index (χ3n) is 4.44. The van der Waals surface area contributed by atoms with Crippen molar-refractivity contribution in [2.45, 2.75) is 82.9 Å². The van der Waals surface area contributed by atoms with E-state index in [-0.39, 0.29) is 17.2 Å². The van der Waals surface area contributed by atoms with Crippen LogP contribution in [0.25, 0.3) is 0 Å². The van der Waals surface area contributed by atoms with Crippen LogP contribution in [0, 0.1) is 5.92 Å². The van der Waals surface area contributed by atoms with Crippen molar-refractivity contribution in [1.82, 2.24) is 5.32 Å². The molecule has 0 aromatic carbocycles. The molecule has 0 saturated heterocycles. The minimum Gasteiger partial charge on any atom is -0.444 e. The predicted molar refractivity (Wildman–Crippen MR) is 75.9 cm³/mol. The number of carbonyl (C=O) groups excluding carboxylic acids is 1. The number of nitrogens with two attached hydrogens (primary N) is 1. The normalized spacial score (nSPS) is 31.7. The molecule has 110 valence electrons. The molecule has 2 rings (SSSR count). The Balaban J connectivity index is 1.87. The maximum atomic E-state index is 12.0. The first kappa shape index (κ1) is 14.6. The second-order valence-electron chi connectivity index (χ2n) is 7.45. The lowest BCUT2D eigenvalue weighted by Crippen LogP contribution is -2.43. The van der Waals surface area contributed by atoms with Gasteiger partial charge in [0.2, 0.25) is 0 Å². The minimum atomic E-state index is -0.437. The van der Waals surface area contributed by atoms with Gasteiger partial charge in [-0.05, 0) is 58.8 Å². The first-order chi connectivity index (χ1) is 8.68. The second kappa shape index (κ2) is 4.65. The Morgan fingerprint density at radius 2 is 2.00 bits per heavy atom. The second-order valence-corrected chi connectivity index (χ2v) is 7.45. The first-order valence-electron chi connectivity index (χ1n) is 7.48. The third kappa shape index (κ3) is 3.85. The van der Waals surface area contributed by atoms with Gasteiger partial charge in [0.1, 0.15) is 5.60 Å². The van der Waals surface area contributed by atoms with E-state index in [1.165, 1.54) is 0 Å². The SMILES string of the molecule is CCC1CC1(CCC1(N)CC1)NC(=O)OC(C)(C)C. The van der Waals surface area contributed by atoms with Crippen LogP contribution < -0.4 is 11.1 Å². The predicted octanol–water partition coefficient (Wildman–Crippen LogP) is 2.95. The topological polar surface area (TPSA) is 64.3 Å². The standard InChI is InChI=1S/C15H28N2O2/c1-5-11-10-15(11,9-8-14(16)6-7-14)17-12(18)19-13(2,3)4/h11H,5-10,16H2,1-4H3,(H,17,18). The van der Waals surface area contributed by atoms with E-state index < -0.39 is 5.60 Å². The lowest BCUT2D eigenvalue weighted by atomic mass is 10.0. The first-order valence-corrected chi connectivity index (χ1v) is 7.48. The molecule has 19 heavy (non-hydrogen) atoms. The number of nitrogens with one attached hydrogen (secondary N) is 1. The van der Waals surface area contributed by atoms with Crippen LogP contribution in [0.15, 0.2) is 0 Å². The quantitative estimate of drug-likeness (QED) is 0.805. The van der Waals surface area contributed by atoms with Crippen molar-refractivity contribution < 1.29 is 9.53 Å². The summed E-state index contributed by atoms with van der Waals surface area (Å²) in [5.41, 5.74) is 5.73. The van der Waals surface area contributed by atoms with Gasteiger partial charge in [0.25, 0.3) is 0 Å². The van der Waals surface area contributed by atoms with Crippen LogP contribution in [0.1, 0.15) is 66.2 Å². The highest BCUT2D eigenvalue weighted by Crippen LogP contribution is 2.51. The van der Waals surface area contributed by atoms with Gasteiger partial charge in [0.15, 0.2) is 0 Å². The molecule has 0 radical (unpaired) electrons. The Kier molecular flexibility index (Phi) is 3.58. The largest absolute Gasteiger partial charge is 0.444 e. The molecular formula is C15H28N2O2. The number of hydrogen-bond donors (Lipinski definition) is 2. The van der Waals surface area contributed by atoms with E-state index in [0.717, 1.165) is 38.5 Å². The van der Waals surface area contributed by atoms with Gasteiger partial charge < -0.3 is 15.8 Å². The average Bonchev–Trinajstić information content (AvgIpc) is 3.12. The lowest BCUT2D eigenvalue weighted by Gasteiger charge is -2.25. The number of alkyl carbamates (subject to hydrolysis) is 1. The smallest absolute Gasteiger partial charge is 0.408 e. The van der Waals surface area contributed by atoms with Gasteiger partial charge in [-0.25, -0.2) is 4.79 Å². The minimum absolute atomic E-state index is 0.0496. The molecule has 2 fully saturated rings. The van der Waals surface area contributed by atoms with Gasteiger partial charge in [-0.3, -0.25) is 0 Å². The molecule has 2 aliphatic rings. The lowest BCUT2D eigenvalue weighted by molar-refractivity contribution is 0.0485. The van der Waals surface area contributed by atoms with E-state index in [1.807, 2.05) is 20.8 Å². The molecular weight excluding hydrogens is 240 g/mol. The fraction of sp³-hybridized carbons (Fsp3) is 0.933. The zero-order valence-corrected chi connectivity index (χ0v) is 12.7. The van der Waals surface area contributed by atoms with Gasteiger partial charge in [-0.1, -0.05) is 13.3 Å². The maximum absolute atomic E-state index is 12.0. The highest BCUT2D eigenvalue weighted by molar-refractivity contribution is 5.69. The molecule has 2 aliphatic carbocycles. The van der Waals surface area contributed by atoms with Gasteiger partial charge in [0, 0.05) is 11.1 Å². The van der Waals surface area contributed by atoms with E-state index in [0.29, 0.717) is 5.92 Å². The molecule has 3 N–H and O–H groups in total. The summed E-state index contributed by atoms with van der Waals surface area (Å²) in [7, 11) is 0. The molecule has 0 heterocycles. The summed E-state index contributed by atoms with van der Waals surface area (Å²) in [6.45, 7) is 7.85. The zero-order chi connectivity index (χ0) is 14.3. The average molecular weight is 268 g/mol. The van der Waals surface area contributed by atoms with Crippen LogP contribution in [0.4, 0.5) is 4.79 Å². The monoisotopic (exact) mass is 268 g/mol. The van der Waals surface area contributed by atoms with Gasteiger partial charge in [-0.15, -0.1) is 0 Å². The summed E-state index contributed by atoms with van der Waals surface area (Å²) >= 11 is 0. The van der Waals surface area contributed by atoms with Gasteiger partial charge in [-0.2, -0.15) is 0 Å². The fourth-order valence-corrected chi connectivity index (χ4v) is 2.83. The molecule has 4 nitrogen and oxygen atoms in total. The molecule has 0 spiro atoms. The maximum Gasteiger partial charge on any atom is 0.408 e. The molecule has 2 atom stereocenters. The Morgan fingerprint density at radius 1 is 1.37 bits per heavy atom. The van der Waals surface area contributed by atoms with E-state index in [4.69, 9.17) is 10.5 Å². The van der Waals surface area contributed by atoms with Crippen LogP contribution >= 0.6 is 0 Å². The van der Waals surface area contributed by atoms with Crippen molar-refractivity contribution in [3.8, 4) is 0 Å². The molecule has 1 amide bonds. The molecule has 0 bridgehead atoms. The Bertz CT molecular complexity index is 358. The van der Waals surface area contributed by atoms with Crippen molar-refractivity contribution in [2.75, 3.05) is 0 Å². The summed E-state index contributed by atoms with van der Waals surface area (Å²) in [6.07, 6.45) is 6.15. The van der Waals surface area contributed by atoms with Crippen molar-refractivity contribution in [2.24, 2.45) is 11.7 Å². The summed E-state index contributed by atoms with van der Waals surface area (Å²) < 4.78 is 5.37. The molecule has 4 heteroatoms. The Labute approximate surface area is 116 Å². The van der Waals surface area contributed by atoms with E-state index in [9.17, 15) is 4.79 Å². The Hall–Kier alpha value is -0.770. The number of carbonyl (C=O) groups is 1. The van der Waals surface area contributed by atoms with E-state index >= 15 is 0 Å². The van der Waals surface area contributed by atoms with E-state index in [1.54, 1.807) is 0 Å². The third-order valence-corrected chi connectivity index (χ3v) is 4.44. The number of amides is 1. The van der Waals surface area contributed by atoms with Gasteiger partial charge in [0.05, 0.1) is 0 Å². The number of hydrogen-bond acceptors (Lipinski definition) is 3. The Morgan fingerprint density at radius 3 is 2.42 bits per heavy atom. The van der Waals surface area contributed by atoms with Crippen LogP contribution in [-0.2, 0) is 4.74 Å². The van der Waals surface area contributed by atoms with Crippen molar-refractivity contribution >= 4 is 6.09 Å². The van der Waals surface area contributed by atoms with E-state index in [2.05, 4.69) is 12.2 Å². The summed E-state index contributed by atoms with van der Waals surface area (Å²) in [5.74, 6) is 0.586. The number of ether oxygens (including phenoxy) is 1. The molecule has 2 unspecified atom stereocenters. The molecule has 2 saturated carbocycles. The summed E-state index contributed by atoms with van der Waals surface area (Å²) in [6, 6.07) is 0. The zero-order valence-electron chi connectivity index (χ0n) is 12.7. The fourth-order valence-electron chi connectivity index (χ4n) is 2.83. The van der Waals surface area contributed by atoms with Crippen molar-refractivity contribution in [1.29, 1.82) is 0 Å². The van der Waals surface area contributed by atoms with Crippen molar-refractivity contribution in [3.05, 3.63) is 0 Å². The summed E-state index contributed by atoms with van der Waals surface area (Å²) in [5, 5.41) is 3.11. The van der Waals surface area contributed by atoms with Crippen molar-refractivity contribution in [3.63, 3.8) is 0 Å². The molecule has 0 aliphatic heterocycles. The van der Waals surface area contributed by atoms with Crippen LogP contribution in [0.3, 0.4) is 0 Å². The summed E-state index contributed by atoms with van der Waals surface area (Å²) in [4.78, 5) is 12.0. The highest BCUT2D eigenvalue weighted by Gasteiger charge is 2.55. The highest BCUT2D eigenvalue weighted by atomic mass is 16.6. The number of rotatable bonds is 5. The van der Waals surface area contributed by atoms with Gasteiger partial charge >= 0.3 is 6.09 Å². The molecule has 0 aromatic rings. The van der Waals surface area contributed by atoms with Crippen LogP contribution in [0.2, 0.25) is 0 Å². The molecule has 0 aromatic heterocycles. The van der Waals surface area contributed by atoms with Crippen LogP contribution in [-0.4, -0.2) is 22.8 Å².